The number of halogens is 4. The molecule has 0 aliphatic carbocycles. The van der Waals surface area contributed by atoms with Gasteiger partial charge in [-0.05, 0) is 17.2 Å². The highest BCUT2D eigenvalue weighted by Crippen LogP contribution is 2.33. The average molecular weight is 344 g/mol. The summed E-state index contributed by atoms with van der Waals surface area (Å²) < 4.78 is 38.0. The van der Waals surface area contributed by atoms with Crippen LogP contribution in [-0.2, 0) is 21.8 Å². The van der Waals surface area contributed by atoms with Gasteiger partial charge in [0.05, 0.1) is 12.0 Å². The zero-order chi connectivity index (χ0) is 12.3. The van der Waals surface area contributed by atoms with E-state index in [9.17, 15) is 18.0 Å². The molecule has 0 atom stereocenters. The van der Waals surface area contributed by atoms with Crippen LogP contribution in [0.2, 0.25) is 0 Å². The second-order valence-electron chi connectivity index (χ2n) is 3.19. The van der Waals surface area contributed by atoms with Gasteiger partial charge in [0.2, 0.25) is 0 Å². The average Bonchev–Trinajstić information content (AvgIpc) is 2.15. The van der Waals surface area contributed by atoms with Crippen molar-refractivity contribution >= 4 is 28.6 Å². The van der Waals surface area contributed by atoms with E-state index < -0.39 is 24.1 Å². The summed E-state index contributed by atoms with van der Waals surface area (Å²) in [5.41, 5.74) is -0.420. The third-order valence-corrected chi connectivity index (χ3v) is 2.80. The zero-order valence-electron chi connectivity index (χ0n) is 8.01. The number of carboxylic acid groups (broad SMARTS) is 1. The molecule has 0 heterocycles. The first-order chi connectivity index (χ1) is 7.34. The molecule has 0 bridgehead atoms. The minimum atomic E-state index is -4.44. The van der Waals surface area contributed by atoms with E-state index in [0.29, 0.717) is 0 Å². The van der Waals surface area contributed by atoms with Gasteiger partial charge in [-0.1, -0.05) is 34.7 Å². The summed E-state index contributed by atoms with van der Waals surface area (Å²) in [5, 5.41) is 8.50. The van der Waals surface area contributed by atoms with Gasteiger partial charge < -0.3 is 5.11 Å². The third kappa shape index (κ3) is 3.36. The first-order valence-electron chi connectivity index (χ1n) is 4.31. The van der Waals surface area contributed by atoms with Crippen molar-refractivity contribution in [3.05, 3.63) is 34.9 Å². The van der Waals surface area contributed by atoms with E-state index in [1.807, 2.05) is 22.6 Å². The third-order valence-electron chi connectivity index (χ3n) is 1.98. The Labute approximate surface area is 104 Å². The summed E-state index contributed by atoms with van der Waals surface area (Å²) in [5.74, 6) is -1.14. The minimum absolute atomic E-state index is 0.161. The molecule has 16 heavy (non-hydrogen) atoms. The lowest BCUT2D eigenvalue weighted by atomic mass is 10.0. The Morgan fingerprint density at radius 1 is 1.38 bits per heavy atom. The van der Waals surface area contributed by atoms with Crippen LogP contribution in [0.1, 0.15) is 16.7 Å². The molecule has 0 aromatic heterocycles. The molecule has 6 heteroatoms. The van der Waals surface area contributed by atoms with Crippen molar-refractivity contribution in [1.82, 2.24) is 0 Å². The van der Waals surface area contributed by atoms with Crippen molar-refractivity contribution in [3.8, 4) is 0 Å². The molecule has 0 aliphatic heterocycles. The van der Waals surface area contributed by atoms with Crippen molar-refractivity contribution in [1.29, 1.82) is 0 Å². The maximum Gasteiger partial charge on any atom is 0.416 e. The fourth-order valence-corrected chi connectivity index (χ4v) is 1.95. The normalized spacial score (nSPS) is 11.5. The topological polar surface area (TPSA) is 37.3 Å². The largest absolute Gasteiger partial charge is 0.481 e. The molecule has 2 nitrogen and oxygen atoms in total. The fourth-order valence-electron chi connectivity index (χ4n) is 1.29. The number of benzene rings is 1. The quantitative estimate of drug-likeness (QED) is 0.675. The van der Waals surface area contributed by atoms with Crippen molar-refractivity contribution in [2.24, 2.45) is 0 Å². The van der Waals surface area contributed by atoms with Gasteiger partial charge in [-0.15, -0.1) is 0 Å². The van der Waals surface area contributed by atoms with Crippen LogP contribution < -0.4 is 0 Å². The number of alkyl halides is 4. The van der Waals surface area contributed by atoms with E-state index >= 15 is 0 Å². The monoisotopic (exact) mass is 344 g/mol. The standard InChI is InChI=1S/C10H8F3IO2/c11-10(12,13)8-3-6(4-9(15)16)1-2-7(8)5-14/h1-3H,4-5H2,(H,15,16). The molecular formula is C10H8F3IO2. The lowest BCUT2D eigenvalue weighted by molar-refractivity contribution is -0.139. The lowest BCUT2D eigenvalue weighted by Gasteiger charge is -2.12. The summed E-state index contributed by atoms with van der Waals surface area (Å²) in [6.07, 6.45) is -4.83. The Hall–Kier alpha value is -0.790. The summed E-state index contributed by atoms with van der Waals surface area (Å²) in [6, 6.07) is 3.65. The maximum absolute atomic E-state index is 12.6. The number of carboxylic acids is 1. The van der Waals surface area contributed by atoms with Crippen LogP contribution in [0.15, 0.2) is 18.2 Å². The number of aliphatic carboxylic acids is 1. The van der Waals surface area contributed by atoms with E-state index in [1.165, 1.54) is 12.1 Å². The van der Waals surface area contributed by atoms with Gasteiger partial charge in [-0.3, -0.25) is 4.79 Å². The van der Waals surface area contributed by atoms with Crippen molar-refractivity contribution in [2.75, 3.05) is 0 Å². The summed E-state index contributed by atoms with van der Waals surface area (Å²) in [6.45, 7) is 0. The SMILES string of the molecule is O=C(O)Cc1ccc(CI)c(C(F)(F)F)c1. The van der Waals surface area contributed by atoms with Crippen LogP contribution in [0.25, 0.3) is 0 Å². The molecule has 0 spiro atoms. The van der Waals surface area contributed by atoms with Gasteiger partial charge in [0.25, 0.3) is 0 Å². The lowest BCUT2D eigenvalue weighted by Crippen LogP contribution is -2.10. The molecule has 0 amide bonds. The Morgan fingerprint density at radius 3 is 2.44 bits per heavy atom. The van der Waals surface area contributed by atoms with Crippen molar-refractivity contribution < 1.29 is 23.1 Å². The molecule has 0 fully saturated rings. The predicted octanol–water partition coefficient (Wildman–Crippen LogP) is 3.27. The van der Waals surface area contributed by atoms with E-state index in [-0.39, 0.29) is 15.6 Å². The molecule has 1 aromatic rings. The number of hydrogen-bond donors (Lipinski definition) is 1. The number of rotatable bonds is 3. The van der Waals surface area contributed by atoms with Crippen LogP contribution in [0.5, 0.6) is 0 Å². The second-order valence-corrected chi connectivity index (χ2v) is 3.96. The van der Waals surface area contributed by atoms with Crippen LogP contribution >= 0.6 is 22.6 Å². The second kappa shape index (κ2) is 5.03. The van der Waals surface area contributed by atoms with Gasteiger partial charge in [-0.25, -0.2) is 0 Å². The molecule has 0 aliphatic rings. The van der Waals surface area contributed by atoms with Gasteiger partial charge >= 0.3 is 12.1 Å². The van der Waals surface area contributed by atoms with E-state index in [0.717, 1.165) is 6.07 Å². The smallest absolute Gasteiger partial charge is 0.416 e. The molecule has 0 saturated heterocycles. The minimum Gasteiger partial charge on any atom is -0.481 e. The van der Waals surface area contributed by atoms with Gasteiger partial charge in [0.15, 0.2) is 0 Å². The number of carbonyl (C=O) groups is 1. The fraction of sp³-hybridized carbons (Fsp3) is 0.300. The van der Waals surface area contributed by atoms with E-state index in [1.54, 1.807) is 0 Å². The summed E-state index contributed by atoms with van der Waals surface area (Å²) in [7, 11) is 0. The first kappa shape index (κ1) is 13.3. The zero-order valence-corrected chi connectivity index (χ0v) is 10.2. The Kier molecular flexibility index (Phi) is 4.17. The Bertz CT molecular complexity index is 402. The molecule has 0 saturated carbocycles. The van der Waals surface area contributed by atoms with Crippen LogP contribution in [-0.4, -0.2) is 11.1 Å². The molecule has 88 valence electrons. The molecule has 1 aromatic carbocycles. The van der Waals surface area contributed by atoms with Crippen LogP contribution in [0.4, 0.5) is 13.2 Å². The van der Waals surface area contributed by atoms with Gasteiger partial charge in [0.1, 0.15) is 0 Å². The molecular weight excluding hydrogens is 336 g/mol. The van der Waals surface area contributed by atoms with Crippen LogP contribution in [0, 0.1) is 0 Å². The number of hydrogen-bond acceptors (Lipinski definition) is 1. The molecule has 1 rings (SSSR count). The highest BCUT2D eigenvalue weighted by atomic mass is 127. The van der Waals surface area contributed by atoms with Crippen molar-refractivity contribution in [3.63, 3.8) is 0 Å². The first-order valence-corrected chi connectivity index (χ1v) is 5.84. The molecule has 0 radical (unpaired) electrons. The summed E-state index contributed by atoms with van der Waals surface area (Å²) >= 11 is 1.84. The maximum atomic E-state index is 12.6. The van der Waals surface area contributed by atoms with Crippen LogP contribution in [0.3, 0.4) is 0 Å². The molecule has 0 unspecified atom stereocenters. The van der Waals surface area contributed by atoms with Gasteiger partial charge in [0, 0.05) is 4.43 Å². The highest BCUT2D eigenvalue weighted by Gasteiger charge is 2.33. The van der Waals surface area contributed by atoms with E-state index in [4.69, 9.17) is 5.11 Å². The highest BCUT2D eigenvalue weighted by molar-refractivity contribution is 14.1. The van der Waals surface area contributed by atoms with E-state index in [2.05, 4.69) is 0 Å². The Balaban J connectivity index is 3.16. The molecule has 1 N–H and O–H groups in total. The van der Waals surface area contributed by atoms with Gasteiger partial charge in [-0.2, -0.15) is 13.2 Å². The predicted molar refractivity (Wildman–Crippen MR) is 60.5 cm³/mol. The summed E-state index contributed by atoms with van der Waals surface area (Å²) in [4.78, 5) is 10.4. The Morgan fingerprint density at radius 2 is 2.00 bits per heavy atom. The van der Waals surface area contributed by atoms with Crippen molar-refractivity contribution in [2.45, 2.75) is 17.0 Å².